The molecule has 3 aromatic rings. The van der Waals surface area contributed by atoms with Gasteiger partial charge in [-0.05, 0) is 46.5 Å². The molecule has 0 aromatic heterocycles. The van der Waals surface area contributed by atoms with Crippen molar-refractivity contribution in [2.75, 3.05) is 0 Å². The average molecular weight is 354 g/mol. The highest BCUT2D eigenvalue weighted by Gasteiger charge is 2.23. The highest BCUT2D eigenvalue weighted by Crippen LogP contribution is 2.34. The van der Waals surface area contributed by atoms with Crippen LogP contribution in [0.15, 0.2) is 72.8 Å². The first-order chi connectivity index (χ1) is 13.0. The predicted molar refractivity (Wildman–Crippen MR) is 103 cm³/mol. The lowest BCUT2D eigenvalue weighted by atomic mass is 9.78. The zero-order valence-corrected chi connectivity index (χ0v) is 15.1. The molecule has 3 aromatic carbocycles. The summed E-state index contributed by atoms with van der Waals surface area (Å²) in [6.45, 7) is 4.33. The Morgan fingerprint density at radius 3 is 1.33 bits per heavy atom. The second-order valence-corrected chi connectivity index (χ2v) is 6.64. The molecule has 0 aliphatic carbocycles. The zero-order valence-electron chi connectivity index (χ0n) is 15.1. The quantitative estimate of drug-likeness (QED) is 0.575. The van der Waals surface area contributed by atoms with Crippen LogP contribution in [0.1, 0.15) is 25.0 Å². The second-order valence-electron chi connectivity index (χ2n) is 6.64. The maximum atomic E-state index is 8.60. The van der Waals surface area contributed by atoms with E-state index >= 15 is 0 Å². The molecular formula is C23H18N2O2. The maximum Gasteiger partial charge on any atom is 0.292 e. The molecule has 27 heavy (non-hydrogen) atoms. The Hall–Kier alpha value is -3.76. The van der Waals surface area contributed by atoms with Crippen molar-refractivity contribution in [3.63, 3.8) is 0 Å². The van der Waals surface area contributed by atoms with Crippen LogP contribution in [0.25, 0.3) is 11.1 Å². The first-order valence-corrected chi connectivity index (χ1v) is 8.48. The van der Waals surface area contributed by atoms with Crippen molar-refractivity contribution >= 4 is 0 Å². The number of nitriles is 2. The lowest BCUT2D eigenvalue weighted by Crippen LogP contribution is -2.18. The van der Waals surface area contributed by atoms with E-state index in [9.17, 15) is 0 Å². The van der Waals surface area contributed by atoms with Gasteiger partial charge in [0.2, 0.25) is 0 Å². The number of rotatable bonds is 5. The summed E-state index contributed by atoms with van der Waals surface area (Å²) >= 11 is 0. The van der Waals surface area contributed by atoms with E-state index in [2.05, 4.69) is 38.1 Å². The Kier molecular flexibility index (Phi) is 5.11. The summed E-state index contributed by atoms with van der Waals surface area (Å²) in [6, 6.07) is 23.4. The molecule has 0 amide bonds. The van der Waals surface area contributed by atoms with Gasteiger partial charge in [0.1, 0.15) is 11.5 Å². The van der Waals surface area contributed by atoms with Gasteiger partial charge in [0.15, 0.2) is 0 Å². The molecule has 3 rings (SSSR count). The first kappa shape index (κ1) is 18.0. The molecule has 0 unspecified atom stereocenters. The van der Waals surface area contributed by atoms with Crippen LogP contribution in [-0.4, -0.2) is 0 Å². The molecule has 132 valence electrons. The molecule has 0 N–H and O–H groups in total. The van der Waals surface area contributed by atoms with Crippen molar-refractivity contribution in [1.82, 2.24) is 0 Å². The van der Waals surface area contributed by atoms with Gasteiger partial charge in [0, 0.05) is 5.41 Å². The van der Waals surface area contributed by atoms with E-state index in [0.717, 1.165) is 16.7 Å². The Labute approximate surface area is 158 Å². The van der Waals surface area contributed by atoms with Gasteiger partial charge in [0.05, 0.1) is 0 Å². The van der Waals surface area contributed by atoms with Gasteiger partial charge in [-0.1, -0.05) is 62.4 Å². The minimum Gasteiger partial charge on any atom is -0.388 e. The van der Waals surface area contributed by atoms with Crippen LogP contribution >= 0.6 is 0 Å². The van der Waals surface area contributed by atoms with Crippen molar-refractivity contribution in [3.8, 4) is 35.1 Å². The van der Waals surface area contributed by atoms with E-state index < -0.39 is 0 Å². The molecular weight excluding hydrogens is 336 g/mol. The number of nitrogens with zero attached hydrogens (tertiary/aromatic N) is 2. The fraction of sp³-hybridized carbons (Fsp3) is 0.130. The van der Waals surface area contributed by atoms with Crippen LogP contribution in [0.2, 0.25) is 0 Å². The predicted octanol–water partition coefficient (Wildman–Crippen LogP) is 5.40. The molecule has 0 spiro atoms. The third-order valence-corrected chi connectivity index (χ3v) is 4.70. The summed E-state index contributed by atoms with van der Waals surface area (Å²) in [5.41, 5.74) is 4.29. The second kappa shape index (κ2) is 7.64. The molecule has 0 bridgehead atoms. The van der Waals surface area contributed by atoms with Gasteiger partial charge >= 0.3 is 0 Å². The summed E-state index contributed by atoms with van der Waals surface area (Å²) in [4.78, 5) is 0. The van der Waals surface area contributed by atoms with Crippen LogP contribution < -0.4 is 9.47 Å². The zero-order chi connectivity index (χ0) is 19.3. The van der Waals surface area contributed by atoms with Gasteiger partial charge in [-0.3, -0.25) is 0 Å². The molecule has 4 heteroatoms. The lowest BCUT2D eigenvalue weighted by Gasteiger charge is -2.26. The van der Waals surface area contributed by atoms with Crippen LogP contribution in [0, 0.1) is 23.0 Å². The Morgan fingerprint density at radius 1 is 0.593 bits per heavy atom. The van der Waals surface area contributed by atoms with Crippen LogP contribution in [0.3, 0.4) is 0 Å². The average Bonchev–Trinajstić information content (AvgIpc) is 2.70. The van der Waals surface area contributed by atoms with E-state index in [4.69, 9.17) is 20.0 Å². The third kappa shape index (κ3) is 3.92. The van der Waals surface area contributed by atoms with E-state index in [1.807, 2.05) is 24.3 Å². The minimum absolute atomic E-state index is 0.186. The largest absolute Gasteiger partial charge is 0.388 e. The number of ether oxygens (including phenoxy) is 2. The number of hydrogen-bond acceptors (Lipinski definition) is 4. The molecule has 0 fully saturated rings. The molecule has 0 heterocycles. The van der Waals surface area contributed by atoms with E-state index in [1.165, 1.54) is 5.56 Å². The SMILES string of the molecule is CC(C)(c1ccc(OC#N)cc1)c1ccc(-c2ccc(OC#N)cc2)cc1. The molecule has 0 aliphatic heterocycles. The topological polar surface area (TPSA) is 66.0 Å². The van der Waals surface area contributed by atoms with Gasteiger partial charge in [-0.25, -0.2) is 0 Å². The van der Waals surface area contributed by atoms with Crippen LogP contribution in [0.5, 0.6) is 11.5 Å². The fourth-order valence-electron chi connectivity index (χ4n) is 3.01. The van der Waals surface area contributed by atoms with E-state index in [0.29, 0.717) is 11.5 Å². The van der Waals surface area contributed by atoms with Crippen molar-refractivity contribution in [2.24, 2.45) is 0 Å². The molecule has 0 aliphatic rings. The van der Waals surface area contributed by atoms with E-state index in [-0.39, 0.29) is 5.41 Å². The molecule has 0 saturated heterocycles. The molecule has 4 nitrogen and oxygen atoms in total. The minimum atomic E-state index is -0.186. The highest BCUT2D eigenvalue weighted by atomic mass is 16.5. The lowest BCUT2D eigenvalue weighted by molar-refractivity contribution is 0.506. The summed E-state index contributed by atoms with van der Waals surface area (Å²) in [6.07, 6.45) is 3.35. The fourth-order valence-corrected chi connectivity index (χ4v) is 3.01. The number of hydrogen-bond donors (Lipinski definition) is 0. The van der Waals surface area contributed by atoms with Crippen molar-refractivity contribution in [1.29, 1.82) is 10.5 Å². The monoisotopic (exact) mass is 354 g/mol. The first-order valence-electron chi connectivity index (χ1n) is 8.48. The summed E-state index contributed by atoms with van der Waals surface area (Å²) in [7, 11) is 0. The van der Waals surface area contributed by atoms with E-state index in [1.54, 1.807) is 36.8 Å². The van der Waals surface area contributed by atoms with Crippen molar-refractivity contribution in [2.45, 2.75) is 19.3 Å². The van der Waals surface area contributed by atoms with Gasteiger partial charge in [-0.15, -0.1) is 10.5 Å². The molecule has 0 radical (unpaired) electrons. The summed E-state index contributed by atoms with van der Waals surface area (Å²) < 4.78 is 9.66. The maximum absolute atomic E-state index is 8.60. The molecule has 0 saturated carbocycles. The van der Waals surface area contributed by atoms with Crippen molar-refractivity contribution in [3.05, 3.63) is 83.9 Å². The smallest absolute Gasteiger partial charge is 0.292 e. The van der Waals surface area contributed by atoms with Crippen LogP contribution in [0.4, 0.5) is 0 Å². The normalized spacial score (nSPS) is 10.5. The molecule has 0 atom stereocenters. The third-order valence-electron chi connectivity index (χ3n) is 4.70. The van der Waals surface area contributed by atoms with Crippen molar-refractivity contribution < 1.29 is 9.47 Å². The standard InChI is InChI=1S/C23H18N2O2/c1-23(2,20-9-13-22(14-10-20)27-16-25)19-7-3-17(4-8-19)18-5-11-21(12-6-18)26-15-24/h3-14H,1-2H3. The summed E-state index contributed by atoms with van der Waals surface area (Å²) in [5, 5.41) is 17.2. The van der Waals surface area contributed by atoms with Crippen LogP contribution in [-0.2, 0) is 5.41 Å². The van der Waals surface area contributed by atoms with Gasteiger partial charge in [0.25, 0.3) is 12.5 Å². The number of benzene rings is 3. The highest BCUT2D eigenvalue weighted by molar-refractivity contribution is 5.65. The van der Waals surface area contributed by atoms with Gasteiger partial charge in [-0.2, -0.15) is 0 Å². The Balaban J connectivity index is 1.83. The Morgan fingerprint density at radius 2 is 0.926 bits per heavy atom. The van der Waals surface area contributed by atoms with Gasteiger partial charge < -0.3 is 9.47 Å². The summed E-state index contributed by atoms with van der Waals surface area (Å²) in [5.74, 6) is 1.07. The Bertz CT molecular complexity index is 991.